The van der Waals surface area contributed by atoms with Gasteiger partial charge < -0.3 is 10.2 Å². The first kappa shape index (κ1) is 27.0. The molecule has 1 unspecified atom stereocenters. The Morgan fingerprint density at radius 3 is 2.49 bits per heavy atom. The van der Waals surface area contributed by atoms with Crippen molar-refractivity contribution in [1.29, 1.82) is 0 Å². The van der Waals surface area contributed by atoms with Crippen LogP contribution in [0.1, 0.15) is 46.8 Å². The molecule has 0 bridgehead atoms. The third kappa shape index (κ3) is 6.85. The molecular formula is C28H34N4O3S2. The Balaban J connectivity index is 1.81. The van der Waals surface area contributed by atoms with E-state index in [0.717, 1.165) is 53.9 Å². The molecule has 0 spiro atoms. The van der Waals surface area contributed by atoms with Gasteiger partial charge in [-0.3, -0.25) is 9.52 Å². The second kappa shape index (κ2) is 12.0. The van der Waals surface area contributed by atoms with Gasteiger partial charge in [-0.1, -0.05) is 29.8 Å². The van der Waals surface area contributed by atoms with Crippen LogP contribution in [-0.4, -0.2) is 56.6 Å². The van der Waals surface area contributed by atoms with E-state index in [1.807, 2.05) is 72.8 Å². The van der Waals surface area contributed by atoms with E-state index in [9.17, 15) is 13.2 Å². The second-order valence-corrected chi connectivity index (χ2v) is 11.9. The minimum atomic E-state index is -3.41. The van der Waals surface area contributed by atoms with E-state index in [0.29, 0.717) is 24.3 Å². The van der Waals surface area contributed by atoms with Crippen molar-refractivity contribution in [3.05, 3.63) is 87.4 Å². The first-order valence-electron chi connectivity index (χ1n) is 12.6. The summed E-state index contributed by atoms with van der Waals surface area (Å²) >= 11 is 1.66. The first-order chi connectivity index (χ1) is 17.8. The van der Waals surface area contributed by atoms with Crippen molar-refractivity contribution in [3.63, 3.8) is 0 Å². The van der Waals surface area contributed by atoms with Crippen LogP contribution in [0.25, 0.3) is 5.57 Å². The zero-order chi connectivity index (χ0) is 26.4. The molecule has 0 saturated carbocycles. The second-order valence-electron chi connectivity index (χ2n) is 9.19. The lowest BCUT2D eigenvalue weighted by molar-refractivity contribution is 0.0773. The summed E-state index contributed by atoms with van der Waals surface area (Å²) < 4.78 is 26.4. The number of nitrogens with zero attached hydrogens (tertiary/aromatic N) is 2. The van der Waals surface area contributed by atoms with Gasteiger partial charge in [0.1, 0.15) is 0 Å². The van der Waals surface area contributed by atoms with Crippen LogP contribution in [0.3, 0.4) is 0 Å². The van der Waals surface area contributed by atoms with Crippen LogP contribution in [0.15, 0.2) is 65.7 Å². The number of thiazole rings is 1. The maximum Gasteiger partial charge on any atom is 0.253 e. The summed E-state index contributed by atoms with van der Waals surface area (Å²) in [6, 6.07) is 15.4. The molecule has 1 aromatic heterocycles. The average molecular weight is 539 g/mol. The number of sulfonamides is 1. The Kier molecular flexibility index (Phi) is 8.79. The van der Waals surface area contributed by atoms with E-state index in [2.05, 4.69) is 15.0 Å². The van der Waals surface area contributed by atoms with Crippen LogP contribution in [0, 0.1) is 5.92 Å². The maximum atomic E-state index is 12.9. The van der Waals surface area contributed by atoms with Gasteiger partial charge >= 0.3 is 0 Å². The normalized spacial score (nSPS) is 17.3. The number of rotatable bonds is 9. The Morgan fingerprint density at radius 2 is 1.84 bits per heavy atom. The molecule has 1 fully saturated rings. The number of nitrogens with one attached hydrogen (secondary N) is 2. The number of piperidine rings is 1. The number of carbonyl (C=O) groups excluding carboxylic acids is 1. The van der Waals surface area contributed by atoms with Gasteiger partial charge in [0.25, 0.3) is 5.91 Å². The van der Waals surface area contributed by atoms with Crippen molar-refractivity contribution in [2.24, 2.45) is 5.92 Å². The van der Waals surface area contributed by atoms with E-state index >= 15 is 0 Å². The van der Waals surface area contributed by atoms with Crippen LogP contribution in [0.2, 0.25) is 0 Å². The number of benzene rings is 2. The molecule has 37 heavy (non-hydrogen) atoms. The summed E-state index contributed by atoms with van der Waals surface area (Å²) in [5.41, 5.74) is 5.53. The van der Waals surface area contributed by atoms with Gasteiger partial charge in [-0.25, -0.2) is 13.4 Å². The molecule has 0 aliphatic carbocycles. The first-order valence-corrected chi connectivity index (χ1v) is 15.4. The molecule has 2 aromatic carbocycles. The van der Waals surface area contributed by atoms with Crippen molar-refractivity contribution in [2.45, 2.75) is 26.7 Å². The molecule has 1 aliphatic heterocycles. The zero-order valence-electron chi connectivity index (χ0n) is 21.5. The highest BCUT2D eigenvalue weighted by molar-refractivity contribution is 7.92. The number of carbonyl (C=O) groups is 1. The quantitative estimate of drug-likeness (QED) is 0.414. The van der Waals surface area contributed by atoms with E-state index in [1.165, 1.54) is 5.57 Å². The summed E-state index contributed by atoms with van der Waals surface area (Å²) in [5, 5.41) is 6.63. The van der Waals surface area contributed by atoms with E-state index in [-0.39, 0.29) is 11.8 Å². The van der Waals surface area contributed by atoms with E-state index in [1.54, 1.807) is 17.4 Å². The lowest BCUT2D eigenvalue weighted by Gasteiger charge is -2.29. The van der Waals surface area contributed by atoms with Crippen molar-refractivity contribution in [3.8, 4) is 0 Å². The molecule has 1 atom stereocenters. The fraction of sp³-hybridized carbons (Fsp3) is 0.357. The molecular weight excluding hydrogens is 504 g/mol. The smallest absolute Gasteiger partial charge is 0.253 e. The molecule has 1 amide bonds. The number of anilines is 1. The molecule has 0 radical (unpaired) electrons. The van der Waals surface area contributed by atoms with Crippen LogP contribution >= 0.6 is 11.3 Å². The maximum absolute atomic E-state index is 12.9. The number of hydrogen-bond acceptors (Lipinski definition) is 6. The highest BCUT2D eigenvalue weighted by Gasteiger charge is 2.25. The monoisotopic (exact) mass is 538 g/mol. The van der Waals surface area contributed by atoms with Gasteiger partial charge in [0, 0.05) is 48.9 Å². The van der Waals surface area contributed by atoms with Crippen LogP contribution in [0.4, 0.5) is 5.69 Å². The summed E-state index contributed by atoms with van der Waals surface area (Å²) in [6.07, 6.45) is 4.70. The summed E-state index contributed by atoms with van der Waals surface area (Å²) in [6.45, 7) is 7.01. The zero-order valence-corrected chi connectivity index (χ0v) is 23.2. The highest BCUT2D eigenvalue weighted by Crippen LogP contribution is 2.36. The highest BCUT2D eigenvalue weighted by atomic mass is 32.2. The van der Waals surface area contributed by atoms with Crippen molar-refractivity contribution >= 4 is 38.5 Å². The summed E-state index contributed by atoms with van der Waals surface area (Å²) in [7, 11) is -3.41. The van der Waals surface area contributed by atoms with Gasteiger partial charge in [-0.15, -0.1) is 11.3 Å². The third-order valence-electron chi connectivity index (χ3n) is 6.61. The van der Waals surface area contributed by atoms with Gasteiger partial charge in [0.2, 0.25) is 10.0 Å². The predicted octanol–water partition coefficient (Wildman–Crippen LogP) is 4.65. The Bertz CT molecular complexity index is 1350. The molecule has 9 heteroatoms. The molecule has 1 aliphatic rings. The topological polar surface area (TPSA) is 91.4 Å². The Hall–Kier alpha value is -3.01. The van der Waals surface area contributed by atoms with Gasteiger partial charge in [-0.2, -0.15) is 0 Å². The fourth-order valence-corrected chi connectivity index (χ4v) is 6.13. The largest absolute Gasteiger partial charge is 0.339 e. The lowest BCUT2D eigenvalue weighted by atomic mass is 9.81. The van der Waals surface area contributed by atoms with Gasteiger partial charge in [0.05, 0.1) is 11.3 Å². The molecule has 2 heterocycles. The minimum absolute atomic E-state index is 0.0219. The Morgan fingerprint density at radius 1 is 1.11 bits per heavy atom. The van der Waals surface area contributed by atoms with E-state index in [4.69, 9.17) is 0 Å². The predicted molar refractivity (Wildman–Crippen MR) is 151 cm³/mol. The van der Waals surface area contributed by atoms with Crippen molar-refractivity contribution < 1.29 is 13.2 Å². The van der Waals surface area contributed by atoms with Crippen LogP contribution in [-0.2, 0) is 16.4 Å². The summed E-state index contributed by atoms with van der Waals surface area (Å²) in [4.78, 5) is 19.2. The van der Waals surface area contributed by atoms with Gasteiger partial charge in [0.15, 0.2) is 0 Å². The van der Waals surface area contributed by atoms with Crippen molar-refractivity contribution in [1.82, 2.24) is 15.2 Å². The van der Waals surface area contributed by atoms with E-state index < -0.39 is 10.0 Å². The van der Waals surface area contributed by atoms with Crippen LogP contribution < -0.4 is 10.0 Å². The molecule has 3 aromatic rings. The van der Waals surface area contributed by atoms with Crippen LogP contribution in [0.5, 0.6) is 0 Å². The Labute approximate surface area is 223 Å². The number of amides is 1. The average Bonchev–Trinajstić information content (AvgIpc) is 3.39. The minimum Gasteiger partial charge on any atom is -0.339 e. The third-order valence-corrected chi connectivity index (χ3v) is 8.01. The molecule has 7 nitrogen and oxygen atoms in total. The summed E-state index contributed by atoms with van der Waals surface area (Å²) in [5.74, 6) is 0.270. The SMILES string of the molecule is CCN(CC)C(=O)c1ccc(/C(=C2/CCNCC2Cc2nccs2)c2cccc(NS(C)(=O)=O)c2)cc1. The molecule has 196 valence electrons. The molecule has 2 N–H and O–H groups in total. The molecule has 1 saturated heterocycles. The lowest BCUT2D eigenvalue weighted by Crippen LogP contribution is -2.33. The van der Waals surface area contributed by atoms with Crippen molar-refractivity contribution in [2.75, 3.05) is 37.2 Å². The standard InChI is InChI=1S/C28H34N4O3S2/c1-4-32(5-2)28(33)21-11-9-20(10-12-21)27(22-7-6-8-24(17-22)31-37(3,34)35)25-13-14-29-19-23(25)18-26-30-15-16-36-26/h6-12,15-17,23,29,31H,4-5,13-14,18-19H2,1-3H3/b27-25+. The van der Waals surface area contributed by atoms with Gasteiger partial charge in [-0.05, 0) is 73.7 Å². The molecule has 4 rings (SSSR count). The number of aromatic nitrogens is 1. The number of hydrogen-bond donors (Lipinski definition) is 2. The fourth-order valence-electron chi connectivity index (χ4n) is 4.88.